The predicted octanol–water partition coefficient (Wildman–Crippen LogP) is 5.35. The number of carbonyl (C=O) groups is 1. The second kappa shape index (κ2) is 11.4. The molecule has 5 rings (SSSR count). The standard InChI is InChI=1S/C28H32ClN7O2/c1-18-26(21-16-31-35(2)17-21)34-36(22-7-5-4-6-8-22)27(18)33-28(37)32-24-14-19(10-12-38-3)13-23(24)20-9-11-30-25(29)15-20/h4-9,11,15-17,19,23-24H,10,12-14H2,1-3H3,(H2,32,33,37)/t19-,23-,24+/m0/s1. The zero-order valence-corrected chi connectivity index (χ0v) is 22.5. The fourth-order valence-corrected chi connectivity index (χ4v) is 5.55. The average Bonchev–Trinajstić information content (AvgIpc) is 3.61. The van der Waals surface area contributed by atoms with E-state index in [4.69, 9.17) is 21.4 Å². The Bertz CT molecular complexity index is 1400. The summed E-state index contributed by atoms with van der Waals surface area (Å²) in [5.74, 6) is 1.19. The fourth-order valence-electron chi connectivity index (χ4n) is 5.37. The Kier molecular flexibility index (Phi) is 7.76. The number of benzene rings is 1. The summed E-state index contributed by atoms with van der Waals surface area (Å²) in [5.41, 5.74) is 4.45. The Balaban J connectivity index is 1.41. The van der Waals surface area contributed by atoms with Crippen LogP contribution in [0.25, 0.3) is 16.9 Å². The number of aromatic nitrogens is 5. The molecule has 198 valence electrons. The summed E-state index contributed by atoms with van der Waals surface area (Å²) in [7, 11) is 3.59. The van der Waals surface area contributed by atoms with Crippen LogP contribution in [-0.2, 0) is 11.8 Å². The van der Waals surface area contributed by atoms with Gasteiger partial charge < -0.3 is 10.1 Å². The van der Waals surface area contributed by atoms with Crippen LogP contribution in [-0.4, -0.2) is 50.3 Å². The highest BCUT2D eigenvalue weighted by atomic mass is 35.5. The van der Waals surface area contributed by atoms with Crippen molar-refractivity contribution in [1.82, 2.24) is 29.9 Å². The van der Waals surface area contributed by atoms with Gasteiger partial charge in [0.05, 0.1) is 11.9 Å². The highest BCUT2D eigenvalue weighted by Gasteiger charge is 2.36. The number of anilines is 1. The number of methoxy groups -OCH3 is 1. The van der Waals surface area contributed by atoms with Crippen LogP contribution in [0, 0.1) is 12.8 Å². The lowest BCUT2D eigenvalue weighted by Gasteiger charge is -2.22. The molecule has 0 spiro atoms. The molecule has 1 saturated carbocycles. The number of halogens is 1. The first-order valence-corrected chi connectivity index (χ1v) is 13.1. The molecule has 0 radical (unpaired) electrons. The van der Waals surface area contributed by atoms with Crippen molar-refractivity contribution in [2.75, 3.05) is 19.0 Å². The van der Waals surface area contributed by atoms with Gasteiger partial charge in [-0.3, -0.25) is 10.00 Å². The highest BCUT2D eigenvalue weighted by molar-refractivity contribution is 6.29. The van der Waals surface area contributed by atoms with E-state index in [9.17, 15) is 4.79 Å². The van der Waals surface area contributed by atoms with Gasteiger partial charge in [0.1, 0.15) is 16.7 Å². The van der Waals surface area contributed by atoms with Crippen molar-refractivity contribution in [3.63, 3.8) is 0 Å². The van der Waals surface area contributed by atoms with E-state index in [1.807, 2.05) is 62.6 Å². The van der Waals surface area contributed by atoms with Crippen molar-refractivity contribution in [3.8, 4) is 16.9 Å². The van der Waals surface area contributed by atoms with E-state index in [-0.39, 0.29) is 18.0 Å². The topological polar surface area (TPSA) is 98.9 Å². The maximum Gasteiger partial charge on any atom is 0.320 e. The molecule has 0 unspecified atom stereocenters. The highest BCUT2D eigenvalue weighted by Crippen LogP contribution is 2.40. The molecule has 9 nitrogen and oxygen atoms in total. The number of ether oxygens (including phenoxy) is 1. The van der Waals surface area contributed by atoms with Crippen LogP contribution in [0.4, 0.5) is 10.6 Å². The molecule has 3 atom stereocenters. The number of nitrogens with zero attached hydrogens (tertiary/aromatic N) is 5. The first-order chi connectivity index (χ1) is 18.4. The summed E-state index contributed by atoms with van der Waals surface area (Å²) in [6.07, 6.45) is 8.16. The fraction of sp³-hybridized carbons (Fsp3) is 0.357. The van der Waals surface area contributed by atoms with Crippen molar-refractivity contribution in [1.29, 1.82) is 0 Å². The Labute approximate surface area is 227 Å². The molecule has 1 fully saturated rings. The molecular weight excluding hydrogens is 502 g/mol. The third kappa shape index (κ3) is 5.58. The number of carbonyl (C=O) groups excluding carboxylic acids is 1. The van der Waals surface area contributed by atoms with E-state index in [0.29, 0.717) is 23.5 Å². The van der Waals surface area contributed by atoms with Gasteiger partial charge in [-0.25, -0.2) is 14.5 Å². The Morgan fingerprint density at radius 3 is 2.74 bits per heavy atom. The first kappa shape index (κ1) is 25.9. The minimum absolute atomic E-state index is 0.0541. The number of rotatable bonds is 8. The van der Waals surface area contributed by atoms with Crippen LogP contribution >= 0.6 is 11.6 Å². The number of para-hydroxylation sites is 1. The second-order valence-corrected chi connectivity index (χ2v) is 10.2. The van der Waals surface area contributed by atoms with E-state index in [1.54, 1.807) is 28.9 Å². The maximum absolute atomic E-state index is 13.5. The van der Waals surface area contributed by atoms with Crippen LogP contribution in [0.2, 0.25) is 5.15 Å². The monoisotopic (exact) mass is 533 g/mol. The van der Waals surface area contributed by atoms with Gasteiger partial charge in [0.15, 0.2) is 0 Å². The summed E-state index contributed by atoms with van der Waals surface area (Å²) in [6.45, 7) is 2.66. The summed E-state index contributed by atoms with van der Waals surface area (Å²) >= 11 is 6.20. The zero-order valence-electron chi connectivity index (χ0n) is 21.8. The summed E-state index contributed by atoms with van der Waals surface area (Å²) < 4.78 is 8.83. The normalized spacial score (nSPS) is 19.0. The van der Waals surface area contributed by atoms with Crippen molar-refractivity contribution >= 4 is 23.4 Å². The third-order valence-electron chi connectivity index (χ3n) is 7.22. The van der Waals surface area contributed by atoms with Crippen molar-refractivity contribution in [3.05, 3.63) is 77.3 Å². The first-order valence-electron chi connectivity index (χ1n) is 12.7. The molecule has 38 heavy (non-hydrogen) atoms. The number of pyridine rings is 1. The van der Waals surface area contributed by atoms with Crippen molar-refractivity contribution in [2.45, 2.75) is 38.1 Å². The molecule has 2 N–H and O–H groups in total. The number of aryl methyl sites for hydroxylation is 1. The number of urea groups is 1. The molecule has 4 aromatic rings. The van der Waals surface area contributed by atoms with E-state index in [0.717, 1.165) is 47.3 Å². The maximum atomic E-state index is 13.5. The van der Waals surface area contributed by atoms with E-state index in [2.05, 4.69) is 20.7 Å². The predicted molar refractivity (Wildman–Crippen MR) is 148 cm³/mol. The largest absolute Gasteiger partial charge is 0.385 e. The van der Waals surface area contributed by atoms with E-state index < -0.39 is 0 Å². The van der Waals surface area contributed by atoms with Crippen molar-refractivity contribution < 1.29 is 9.53 Å². The van der Waals surface area contributed by atoms with E-state index in [1.165, 1.54) is 0 Å². The van der Waals surface area contributed by atoms with Gasteiger partial charge in [0.2, 0.25) is 0 Å². The lowest BCUT2D eigenvalue weighted by molar-refractivity contribution is 0.177. The summed E-state index contributed by atoms with van der Waals surface area (Å²) in [4.78, 5) is 17.6. The number of nitrogens with one attached hydrogen (secondary N) is 2. The summed E-state index contributed by atoms with van der Waals surface area (Å²) in [5, 5.41) is 16.0. The van der Waals surface area contributed by atoms with Gasteiger partial charge in [-0.15, -0.1) is 0 Å². The smallest absolute Gasteiger partial charge is 0.320 e. The minimum Gasteiger partial charge on any atom is -0.385 e. The third-order valence-corrected chi connectivity index (χ3v) is 7.43. The molecule has 2 amide bonds. The van der Waals surface area contributed by atoms with Crippen LogP contribution in [0.15, 0.2) is 61.1 Å². The van der Waals surface area contributed by atoms with Crippen LogP contribution in [0.5, 0.6) is 0 Å². The van der Waals surface area contributed by atoms with Gasteiger partial charge in [-0.2, -0.15) is 10.2 Å². The zero-order chi connectivity index (χ0) is 26.6. The van der Waals surface area contributed by atoms with Gasteiger partial charge in [-0.1, -0.05) is 29.8 Å². The van der Waals surface area contributed by atoms with Crippen molar-refractivity contribution in [2.24, 2.45) is 13.0 Å². The van der Waals surface area contributed by atoms with E-state index >= 15 is 0 Å². The molecular formula is C28H32ClN7O2. The Morgan fingerprint density at radius 1 is 1.21 bits per heavy atom. The van der Waals surface area contributed by atoms with Gasteiger partial charge in [0, 0.05) is 56.2 Å². The van der Waals surface area contributed by atoms with Crippen LogP contribution in [0.3, 0.4) is 0 Å². The number of hydrogen-bond acceptors (Lipinski definition) is 5. The molecule has 0 aliphatic heterocycles. The van der Waals surface area contributed by atoms with Gasteiger partial charge in [-0.05, 0) is 61.9 Å². The minimum atomic E-state index is -0.273. The molecule has 3 aromatic heterocycles. The Morgan fingerprint density at radius 2 is 2.03 bits per heavy atom. The molecule has 1 aliphatic carbocycles. The van der Waals surface area contributed by atoms with Crippen LogP contribution < -0.4 is 10.6 Å². The molecule has 10 heteroatoms. The molecule has 1 aliphatic rings. The average molecular weight is 534 g/mol. The van der Waals surface area contributed by atoms with Crippen LogP contribution in [0.1, 0.15) is 36.3 Å². The lowest BCUT2D eigenvalue weighted by Crippen LogP contribution is -2.40. The molecule has 3 heterocycles. The second-order valence-electron chi connectivity index (χ2n) is 9.81. The molecule has 1 aromatic carbocycles. The molecule has 0 saturated heterocycles. The summed E-state index contributed by atoms with van der Waals surface area (Å²) in [6, 6.07) is 13.3. The van der Waals surface area contributed by atoms with Gasteiger partial charge in [0.25, 0.3) is 0 Å². The quantitative estimate of drug-likeness (QED) is 0.297. The number of amides is 2. The Hall–Kier alpha value is -3.69. The van der Waals surface area contributed by atoms with Gasteiger partial charge >= 0.3 is 6.03 Å². The molecule has 0 bridgehead atoms. The lowest BCUT2D eigenvalue weighted by atomic mass is 9.94. The number of hydrogen-bond donors (Lipinski definition) is 2. The SMILES string of the molecule is COCC[C@@H]1C[C@@H](NC(=O)Nc2c(C)c(-c3cnn(C)c3)nn2-c2ccccc2)[C@H](c2ccnc(Cl)c2)C1.